The second kappa shape index (κ2) is 10.1. The number of anilines is 2. The third-order valence-corrected chi connectivity index (χ3v) is 2.79. The summed E-state index contributed by atoms with van der Waals surface area (Å²) in [6.07, 6.45) is -0.668. The Morgan fingerprint density at radius 2 is 2.05 bits per heavy atom. The van der Waals surface area contributed by atoms with Crippen molar-refractivity contribution in [2.24, 2.45) is 5.73 Å². The van der Waals surface area contributed by atoms with Crippen LogP contribution in [0.3, 0.4) is 0 Å². The van der Waals surface area contributed by atoms with Crippen molar-refractivity contribution in [3.8, 4) is 0 Å². The van der Waals surface area contributed by atoms with Crippen LogP contribution in [0.5, 0.6) is 0 Å². The minimum atomic E-state index is -0.668. The topological polar surface area (TPSA) is 67.6 Å². The van der Waals surface area contributed by atoms with E-state index in [1.54, 1.807) is 18.2 Å². The van der Waals surface area contributed by atoms with Crippen LogP contribution in [0.4, 0.5) is 11.4 Å². The Morgan fingerprint density at radius 3 is 2.50 bits per heavy atom. The number of hydrogen-bond acceptors (Lipinski definition) is 4. The van der Waals surface area contributed by atoms with Gasteiger partial charge in [0.1, 0.15) is 6.10 Å². The summed E-state index contributed by atoms with van der Waals surface area (Å²) in [7, 11) is 5.16. The number of nitrogens with one attached hydrogen (secondary N) is 1. The van der Waals surface area contributed by atoms with Gasteiger partial charge in [-0.3, -0.25) is 4.79 Å². The largest absolute Gasteiger partial charge is 0.375 e. The van der Waals surface area contributed by atoms with Crippen LogP contribution in [0.2, 0.25) is 5.02 Å². The van der Waals surface area contributed by atoms with Crippen molar-refractivity contribution in [2.45, 2.75) is 6.10 Å². The second-order valence-electron chi connectivity index (χ2n) is 3.98. The highest BCUT2D eigenvalue weighted by Crippen LogP contribution is 2.32. The third kappa shape index (κ3) is 5.34. The van der Waals surface area contributed by atoms with Gasteiger partial charge >= 0.3 is 0 Å². The molecule has 0 saturated heterocycles. The monoisotopic (exact) mass is 343 g/mol. The van der Waals surface area contributed by atoms with Crippen molar-refractivity contribution in [3.63, 3.8) is 0 Å². The fourth-order valence-corrected chi connectivity index (χ4v) is 1.94. The molecule has 0 aliphatic carbocycles. The number of carbonyl (C=O) groups is 1. The highest BCUT2D eigenvalue weighted by molar-refractivity contribution is 6.34. The molecule has 1 aromatic rings. The number of nitrogens with zero attached hydrogens (tertiary/aromatic N) is 1. The Balaban J connectivity index is 0. The Morgan fingerprint density at radius 1 is 1.45 bits per heavy atom. The number of hydrogen-bond donors (Lipinski definition) is 2. The van der Waals surface area contributed by atoms with Crippen LogP contribution in [0.25, 0.3) is 0 Å². The van der Waals surface area contributed by atoms with Gasteiger partial charge in [0.25, 0.3) is 5.91 Å². The van der Waals surface area contributed by atoms with E-state index < -0.39 is 6.10 Å². The van der Waals surface area contributed by atoms with E-state index in [1.807, 2.05) is 19.0 Å². The van der Waals surface area contributed by atoms with Crippen LogP contribution in [-0.4, -0.2) is 39.8 Å². The zero-order valence-corrected chi connectivity index (χ0v) is 13.9. The van der Waals surface area contributed by atoms with Crippen LogP contribution < -0.4 is 16.0 Å². The SMILES string of the molecule is COC(CN)C(=O)Nc1cccc(Cl)c1N(C)C.Cl.Cl. The number of para-hydroxylation sites is 1. The van der Waals surface area contributed by atoms with E-state index in [9.17, 15) is 4.79 Å². The molecular weight excluding hydrogens is 325 g/mol. The molecule has 1 unspecified atom stereocenters. The number of halogens is 3. The van der Waals surface area contributed by atoms with Gasteiger partial charge in [0.2, 0.25) is 0 Å². The van der Waals surface area contributed by atoms with E-state index in [2.05, 4.69) is 5.32 Å². The van der Waals surface area contributed by atoms with Gasteiger partial charge in [-0.2, -0.15) is 0 Å². The lowest BCUT2D eigenvalue weighted by Crippen LogP contribution is -2.36. The van der Waals surface area contributed by atoms with Crippen molar-refractivity contribution in [1.29, 1.82) is 0 Å². The summed E-state index contributed by atoms with van der Waals surface area (Å²) in [5.41, 5.74) is 6.83. The number of rotatable bonds is 5. The molecule has 0 radical (unpaired) electrons. The predicted molar refractivity (Wildman–Crippen MR) is 88.8 cm³/mol. The molecule has 0 spiro atoms. The number of methoxy groups -OCH3 is 1. The van der Waals surface area contributed by atoms with Crippen LogP contribution >= 0.6 is 36.4 Å². The molecule has 0 fully saturated rings. The van der Waals surface area contributed by atoms with Crippen molar-refractivity contribution < 1.29 is 9.53 Å². The molecule has 1 rings (SSSR count). The lowest BCUT2D eigenvalue weighted by atomic mass is 10.2. The van der Waals surface area contributed by atoms with Crippen LogP contribution in [0, 0.1) is 0 Å². The summed E-state index contributed by atoms with van der Waals surface area (Å²) >= 11 is 6.11. The molecule has 0 aliphatic heterocycles. The van der Waals surface area contributed by atoms with E-state index >= 15 is 0 Å². The summed E-state index contributed by atoms with van der Waals surface area (Å²) in [6, 6.07) is 5.32. The molecule has 3 N–H and O–H groups in total. The zero-order valence-electron chi connectivity index (χ0n) is 11.6. The Labute approximate surface area is 136 Å². The molecule has 116 valence electrons. The molecule has 0 heterocycles. The molecule has 0 aliphatic rings. The number of benzene rings is 1. The first-order chi connectivity index (χ1) is 8.51. The summed E-state index contributed by atoms with van der Waals surface area (Å²) < 4.78 is 4.98. The van der Waals surface area contributed by atoms with Gasteiger partial charge in [0.05, 0.1) is 16.4 Å². The van der Waals surface area contributed by atoms with Crippen molar-refractivity contribution in [1.82, 2.24) is 0 Å². The molecule has 8 heteroatoms. The third-order valence-electron chi connectivity index (χ3n) is 2.48. The molecule has 5 nitrogen and oxygen atoms in total. The van der Waals surface area contributed by atoms with E-state index in [0.717, 1.165) is 5.69 Å². The highest BCUT2D eigenvalue weighted by atomic mass is 35.5. The fourth-order valence-electron chi connectivity index (χ4n) is 1.59. The molecule has 0 bridgehead atoms. The van der Waals surface area contributed by atoms with Gasteiger partial charge in [-0.05, 0) is 12.1 Å². The molecule has 1 amide bonds. The minimum absolute atomic E-state index is 0. The summed E-state index contributed by atoms with van der Waals surface area (Å²) in [5.74, 6) is -0.287. The first-order valence-corrected chi connectivity index (χ1v) is 5.88. The molecule has 0 saturated carbocycles. The summed E-state index contributed by atoms with van der Waals surface area (Å²) in [4.78, 5) is 13.7. The average molecular weight is 345 g/mol. The highest BCUT2D eigenvalue weighted by Gasteiger charge is 2.18. The first kappa shape index (κ1) is 21.6. The molecule has 1 atom stereocenters. The van der Waals surface area contributed by atoms with Crippen LogP contribution in [-0.2, 0) is 9.53 Å². The first-order valence-electron chi connectivity index (χ1n) is 5.50. The Hall–Kier alpha value is -0.720. The number of ether oxygens (including phenoxy) is 1. The number of amides is 1. The molecule has 0 aromatic heterocycles. The van der Waals surface area contributed by atoms with Gasteiger partial charge in [0.15, 0.2) is 0 Å². The maximum absolute atomic E-state index is 11.9. The normalized spacial score (nSPS) is 10.8. The number of carbonyl (C=O) groups excluding carboxylic acids is 1. The second-order valence-corrected chi connectivity index (χ2v) is 4.39. The fraction of sp³-hybridized carbons (Fsp3) is 0.417. The van der Waals surface area contributed by atoms with Crippen LogP contribution in [0.1, 0.15) is 0 Å². The predicted octanol–water partition coefficient (Wildman–Crippen LogP) is 2.16. The lowest BCUT2D eigenvalue weighted by molar-refractivity contribution is -0.125. The van der Waals surface area contributed by atoms with Crippen molar-refractivity contribution in [3.05, 3.63) is 23.2 Å². The van der Waals surface area contributed by atoms with Crippen LogP contribution in [0.15, 0.2) is 18.2 Å². The van der Waals surface area contributed by atoms with E-state index in [-0.39, 0.29) is 37.3 Å². The van der Waals surface area contributed by atoms with Gasteiger partial charge in [-0.15, -0.1) is 24.8 Å². The smallest absolute Gasteiger partial charge is 0.254 e. The molecule has 1 aromatic carbocycles. The molecule has 20 heavy (non-hydrogen) atoms. The standard InChI is InChI=1S/C12H18ClN3O2.2ClH/c1-16(2)11-8(13)5-4-6-9(11)15-12(17)10(7-14)18-3;;/h4-6,10H,7,14H2,1-3H3,(H,15,17);2*1H. The molecular formula is C12H20Cl3N3O2. The van der Waals surface area contributed by atoms with E-state index in [4.69, 9.17) is 22.1 Å². The maximum atomic E-state index is 11.9. The van der Waals surface area contributed by atoms with Gasteiger partial charge in [-0.1, -0.05) is 17.7 Å². The number of nitrogens with two attached hydrogens (primary N) is 1. The van der Waals surface area contributed by atoms with Gasteiger partial charge < -0.3 is 20.7 Å². The minimum Gasteiger partial charge on any atom is -0.375 e. The van der Waals surface area contributed by atoms with E-state index in [0.29, 0.717) is 10.7 Å². The quantitative estimate of drug-likeness (QED) is 0.859. The Kier molecular flexibility index (Phi) is 10.9. The lowest BCUT2D eigenvalue weighted by Gasteiger charge is -2.21. The van der Waals surface area contributed by atoms with E-state index in [1.165, 1.54) is 7.11 Å². The van der Waals surface area contributed by atoms with Crippen molar-refractivity contribution in [2.75, 3.05) is 38.0 Å². The summed E-state index contributed by atoms with van der Waals surface area (Å²) in [5, 5.41) is 3.33. The van der Waals surface area contributed by atoms with Crippen molar-refractivity contribution >= 4 is 53.7 Å². The van der Waals surface area contributed by atoms with Gasteiger partial charge in [0, 0.05) is 27.7 Å². The zero-order chi connectivity index (χ0) is 13.7. The average Bonchev–Trinajstić information content (AvgIpc) is 2.30. The maximum Gasteiger partial charge on any atom is 0.254 e. The summed E-state index contributed by atoms with van der Waals surface area (Å²) in [6.45, 7) is 0.125. The Bertz CT molecular complexity index is 426. The van der Waals surface area contributed by atoms with Gasteiger partial charge in [-0.25, -0.2) is 0 Å².